The number of hydrogen-bond donors (Lipinski definition) is 0. The SMILES string of the molecule is COc1ccccc1-c1nnc(C2CCN(C(=O)c3ccc(=O)oc3)CC2)s1. The first-order valence-corrected chi connectivity index (χ1v) is 9.82. The monoisotopic (exact) mass is 397 g/mol. The largest absolute Gasteiger partial charge is 0.496 e. The number of para-hydroxylation sites is 1. The number of nitrogens with zero attached hydrogens (tertiary/aromatic N) is 3. The Hall–Kier alpha value is -3.00. The highest BCUT2D eigenvalue weighted by Crippen LogP contribution is 2.36. The van der Waals surface area contributed by atoms with Gasteiger partial charge >= 0.3 is 5.63 Å². The Kier molecular flexibility index (Phi) is 5.21. The predicted octanol–water partition coefficient (Wildman–Crippen LogP) is 3.19. The molecule has 1 saturated heterocycles. The number of carbonyl (C=O) groups is 1. The van der Waals surface area contributed by atoms with E-state index in [1.165, 1.54) is 18.4 Å². The van der Waals surface area contributed by atoms with Crippen molar-refractivity contribution < 1.29 is 13.9 Å². The highest BCUT2D eigenvalue weighted by molar-refractivity contribution is 7.14. The van der Waals surface area contributed by atoms with Crippen LogP contribution >= 0.6 is 11.3 Å². The Labute approximate surface area is 165 Å². The van der Waals surface area contributed by atoms with Crippen molar-refractivity contribution in [3.05, 3.63) is 63.7 Å². The fraction of sp³-hybridized carbons (Fsp3) is 0.300. The fourth-order valence-electron chi connectivity index (χ4n) is 3.32. The van der Waals surface area contributed by atoms with Crippen molar-refractivity contribution in [1.29, 1.82) is 0 Å². The smallest absolute Gasteiger partial charge is 0.335 e. The number of rotatable bonds is 4. The zero-order chi connectivity index (χ0) is 19.5. The molecular formula is C20H19N3O4S. The second-order valence-electron chi connectivity index (χ2n) is 6.56. The number of piperidine rings is 1. The van der Waals surface area contributed by atoms with Gasteiger partial charge in [0.1, 0.15) is 17.0 Å². The topological polar surface area (TPSA) is 85.5 Å². The number of methoxy groups -OCH3 is 1. The number of aromatic nitrogens is 2. The van der Waals surface area contributed by atoms with Crippen LogP contribution in [-0.2, 0) is 0 Å². The molecule has 1 aliphatic rings. The molecule has 0 unspecified atom stereocenters. The summed E-state index contributed by atoms with van der Waals surface area (Å²) in [6.45, 7) is 1.26. The molecule has 0 radical (unpaired) electrons. The lowest BCUT2D eigenvalue weighted by Gasteiger charge is -2.30. The number of hydrogen-bond acceptors (Lipinski definition) is 7. The zero-order valence-electron chi connectivity index (χ0n) is 15.3. The lowest BCUT2D eigenvalue weighted by Crippen LogP contribution is -2.38. The minimum Gasteiger partial charge on any atom is -0.496 e. The first kappa shape index (κ1) is 18.4. The Morgan fingerprint density at radius 2 is 1.96 bits per heavy atom. The molecule has 0 aliphatic carbocycles. The molecule has 28 heavy (non-hydrogen) atoms. The predicted molar refractivity (Wildman–Crippen MR) is 105 cm³/mol. The summed E-state index contributed by atoms with van der Waals surface area (Å²) in [5.74, 6) is 0.938. The Balaban J connectivity index is 1.43. The minimum absolute atomic E-state index is 0.117. The van der Waals surface area contributed by atoms with Gasteiger partial charge in [-0.15, -0.1) is 10.2 Å². The van der Waals surface area contributed by atoms with Gasteiger partial charge in [0.15, 0.2) is 5.01 Å². The van der Waals surface area contributed by atoms with Crippen LogP contribution in [0.4, 0.5) is 0 Å². The van der Waals surface area contributed by atoms with Crippen molar-refractivity contribution in [2.45, 2.75) is 18.8 Å². The maximum Gasteiger partial charge on any atom is 0.335 e. The van der Waals surface area contributed by atoms with Crippen molar-refractivity contribution in [3.8, 4) is 16.3 Å². The summed E-state index contributed by atoms with van der Waals surface area (Å²) in [5.41, 5.74) is 0.872. The Morgan fingerprint density at radius 3 is 2.68 bits per heavy atom. The van der Waals surface area contributed by atoms with E-state index in [4.69, 9.17) is 9.15 Å². The Bertz CT molecular complexity index is 1020. The quantitative estimate of drug-likeness (QED) is 0.672. The summed E-state index contributed by atoms with van der Waals surface area (Å²) in [6, 6.07) is 10.5. The molecular weight excluding hydrogens is 378 g/mol. The molecule has 1 amide bonds. The van der Waals surface area contributed by atoms with Crippen LogP contribution in [0.5, 0.6) is 5.75 Å². The summed E-state index contributed by atoms with van der Waals surface area (Å²) < 4.78 is 10.2. The fourth-order valence-corrected chi connectivity index (χ4v) is 4.36. The lowest BCUT2D eigenvalue weighted by molar-refractivity contribution is 0.0710. The van der Waals surface area contributed by atoms with Crippen LogP contribution in [0.25, 0.3) is 10.6 Å². The van der Waals surface area contributed by atoms with Gasteiger partial charge < -0.3 is 14.1 Å². The van der Waals surface area contributed by atoms with Crippen LogP contribution < -0.4 is 10.4 Å². The van der Waals surface area contributed by atoms with Crippen LogP contribution in [0, 0.1) is 0 Å². The number of ether oxygens (including phenoxy) is 1. The molecule has 3 aromatic rings. The van der Waals surface area contributed by atoms with Crippen LogP contribution in [0.15, 0.2) is 51.9 Å². The lowest BCUT2D eigenvalue weighted by atomic mass is 9.97. The molecule has 1 aromatic carbocycles. The number of benzene rings is 1. The molecule has 7 nitrogen and oxygen atoms in total. The van der Waals surface area contributed by atoms with Crippen molar-refractivity contribution in [2.24, 2.45) is 0 Å². The highest BCUT2D eigenvalue weighted by atomic mass is 32.1. The molecule has 0 bridgehead atoms. The molecule has 0 saturated carbocycles. The highest BCUT2D eigenvalue weighted by Gasteiger charge is 2.27. The van der Waals surface area contributed by atoms with E-state index in [0.29, 0.717) is 18.7 Å². The van der Waals surface area contributed by atoms with Gasteiger partial charge in [-0.3, -0.25) is 4.79 Å². The summed E-state index contributed by atoms with van der Waals surface area (Å²) in [7, 11) is 1.64. The van der Waals surface area contributed by atoms with Crippen molar-refractivity contribution >= 4 is 17.2 Å². The van der Waals surface area contributed by atoms with Crippen LogP contribution in [0.1, 0.15) is 34.1 Å². The second kappa shape index (κ2) is 7.93. The summed E-state index contributed by atoms with van der Waals surface area (Å²) >= 11 is 1.57. The normalized spacial score (nSPS) is 14.8. The third-order valence-corrected chi connectivity index (χ3v) is 5.98. The average molecular weight is 397 g/mol. The molecule has 8 heteroatoms. The molecule has 3 heterocycles. The maximum atomic E-state index is 12.5. The number of likely N-dealkylation sites (tertiary alicyclic amines) is 1. The molecule has 144 valence electrons. The number of carbonyl (C=O) groups excluding carboxylic acids is 1. The van der Waals surface area contributed by atoms with Gasteiger partial charge in [-0.1, -0.05) is 23.5 Å². The Morgan fingerprint density at radius 1 is 1.18 bits per heavy atom. The summed E-state index contributed by atoms with van der Waals surface area (Å²) in [5, 5.41) is 10.6. The van der Waals surface area contributed by atoms with Crippen molar-refractivity contribution in [1.82, 2.24) is 15.1 Å². The van der Waals surface area contributed by atoms with Crippen molar-refractivity contribution in [2.75, 3.05) is 20.2 Å². The third-order valence-electron chi connectivity index (χ3n) is 4.86. The van der Waals surface area contributed by atoms with Gasteiger partial charge in [-0.2, -0.15) is 0 Å². The van der Waals surface area contributed by atoms with Crippen molar-refractivity contribution in [3.63, 3.8) is 0 Å². The van der Waals surface area contributed by atoms with Crippen LogP contribution in [0.2, 0.25) is 0 Å². The molecule has 0 atom stereocenters. The molecule has 2 aromatic heterocycles. The summed E-state index contributed by atoms with van der Waals surface area (Å²) in [6.07, 6.45) is 2.87. The second-order valence-corrected chi connectivity index (χ2v) is 7.56. The molecule has 1 aliphatic heterocycles. The van der Waals surface area contributed by atoms with E-state index in [1.807, 2.05) is 24.3 Å². The van der Waals surface area contributed by atoms with E-state index in [2.05, 4.69) is 10.2 Å². The molecule has 0 N–H and O–H groups in total. The van der Waals surface area contributed by atoms with Crippen LogP contribution in [0.3, 0.4) is 0 Å². The minimum atomic E-state index is -0.461. The standard InChI is InChI=1S/C20H19N3O4S/c1-26-16-5-3-2-4-15(16)19-22-21-18(28-19)13-8-10-23(11-9-13)20(25)14-6-7-17(24)27-12-14/h2-7,12-13H,8-11H2,1H3. The molecule has 4 rings (SSSR count). The van der Waals surface area contributed by atoms with Gasteiger partial charge in [0.25, 0.3) is 5.91 Å². The first-order valence-electron chi connectivity index (χ1n) is 9.00. The first-order chi connectivity index (χ1) is 13.7. The maximum absolute atomic E-state index is 12.5. The zero-order valence-corrected chi connectivity index (χ0v) is 16.1. The average Bonchev–Trinajstić information content (AvgIpc) is 3.24. The van der Waals surface area contributed by atoms with E-state index in [9.17, 15) is 9.59 Å². The summed E-state index contributed by atoms with van der Waals surface area (Å²) in [4.78, 5) is 25.4. The molecule has 0 spiro atoms. The van der Waals surface area contributed by atoms with E-state index in [0.717, 1.165) is 34.2 Å². The van der Waals surface area contributed by atoms with Crippen LogP contribution in [-0.4, -0.2) is 41.2 Å². The van der Waals surface area contributed by atoms with Gasteiger partial charge in [0.05, 0.1) is 18.2 Å². The number of amides is 1. The third kappa shape index (κ3) is 3.68. The van der Waals surface area contributed by atoms with Gasteiger partial charge in [0, 0.05) is 25.1 Å². The molecule has 1 fully saturated rings. The van der Waals surface area contributed by atoms with E-state index in [1.54, 1.807) is 23.3 Å². The van der Waals surface area contributed by atoms with E-state index < -0.39 is 5.63 Å². The van der Waals surface area contributed by atoms with Gasteiger partial charge in [0.2, 0.25) is 0 Å². The van der Waals surface area contributed by atoms with E-state index >= 15 is 0 Å². The van der Waals surface area contributed by atoms with Gasteiger partial charge in [-0.25, -0.2) is 4.79 Å². The van der Waals surface area contributed by atoms with Gasteiger partial charge in [-0.05, 0) is 31.0 Å². The van der Waals surface area contributed by atoms with E-state index in [-0.39, 0.29) is 11.8 Å².